The molecule has 0 unspecified atom stereocenters. The number of alkyl halides is 3. The minimum Gasteiger partial charge on any atom is -0.466 e. The zero-order valence-corrected chi connectivity index (χ0v) is 16.9. The molecule has 0 atom stereocenters. The van der Waals surface area contributed by atoms with Gasteiger partial charge in [0.1, 0.15) is 0 Å². The number of nitrogens with zero attached hydrogens (tertiary/aromatic N) is 3. The van der Waals surface area contributed by atoms with Crippen LogP contribution in [0.1, 0.15) is 18.2 Å². The molecule has 2 aromatic rings. The fourth-order valence-corrected chi connectivity index (χ4v) is 3.20. The SMILES string of the molecule is CCOC(=O)Cc1csc(NN=Cc2cc(Br)c(OC(F)(F)F)c([N+](=O)[O-])c2)n1. The van der Waals surface area contributed by atoms with E-state index in [0.29, 0.717) is 10.8 Å². The van der Waals surface area contributed by atoms with Gasteiger partial charge in [0.05, 0.1) is 34.3 Å². The first-order valence-electron chi connectivity index (χ1n) is 7.71. The molecule has 29 heavy (non-hydrogen) atoms. The monoisotopic (exact) mass is 496 g/mol. The number of anilines is 1. The summed E-state index contributed by atoms with van der Waals surface area (Å²) in [5, 5.41) is 16.9. The van der Waals surface area contributed by atoms with Crippen molar-refractivity contribution in [3.63, 3.8) is 0 Å². The summed E-state index contributed by atoms with van der Waals surface area (Å²) in [4.78, 5) is 25.6. The van der Waals surface area contributed by atoms with Crippen LogP contribution >= 0.6 is 27.3 Å². The van der Waals surface area contributed by atoms with Crippen molar-refractivity contribution >= 4 is 50.3 Å². The fourth-order valence-electron chi connectivity index (χ4n) is 1.99. The fraction of sp³-hybridized carbons (Fsp3) is 0.267. The van der Waals surface area contributed by atoms with Gasteiger partial charge in [0.2, 0.25) is 10.9 Å². The van der Waals surface area contributed by atoms with Gasteiger partial charge in [-0.05, 0) is 28.9 Å². The third-order valence-electron chi connectivity index (χ3n) is 3.02. The van der Waals surface area contributed by atoms with Gasteiger partial charge in [0.15, 0.2) is 0 Å². The number of nitro groups is 1. The van der Waals surface area contributed by atoms with Gasteiger partial charge in [0.25, 0.3) is 0 Å². The molecule has 0 fully saturated rings. The van der Waals surface area contributed by atoms with E-state index in [1.165, 1.54) is 6.07 Å². The number of nitro benzene ring substituents is 1. The highest BCUT2D eigenvalue weighted by atomic mass is 79.9. The Bertz CT molecular complexity index is 935. The summed E-state index contributed by atoms with van der Waals surface area (Å²) >= 11 is 3.99. The molecule has 1 aromatic heterocycles. The van der Waals surface area contributed by atoms with Crippen LogP contribution < -0.4 is 10.2 Å². The number of hydrazone groups is 1. The van der Waals surface area contributed by atoms with Crippen LogP contribution in [0, 0.1) is 10.1 Å². The lowest BCUT2D eigenvalue weighted by Crippen LogP contribution is -2.18. The van der Waals surface area contributed by atoms with Crippen molar-refractivity contribution in [2.75, 3.05) is 12.0 Å². The molecule has 156 valence electrons. The minimum atomic E-state index is -5.09. The highest BCUT2D eigenvalue weighted by Gasteiger charge is 2.36. The summed E-state index contributed by atoms with van der Waals surface area (Å²) < 4.78 is 45.6. The van der Waals surface area contributed by atoms with Crippen LogP contribution in [0.5, 0.6) is 5.75 Å². The number of thiazole rings is 1. The van der Waals surface area contributed by atoms with Crippen LogP contribution in [-0.2, 0) is 16.0 Å². The Kier molecular flexibility index (Phi) is 7.50. The molecule has 1 N–H and O–H groups in total. The molecule has 1 aromatic carbocycles. The Labute approximate surface area is 173 Å². The van der Waals surface area contributed by atoms with Crippen molar-refractivity contribution in [3.05, 3.63) is 43.4 Å². The van der Waals surface area contributed by atoms with Gasteiger partial charge in [-0.15, -0.1) is 24.5 Å². The highest BCUT2D eigenvalue weighted by Crippen LogP contribution is 2.39. The molecule has 0 spiro atoms. The standard InChI is InChI=1S/C15H12BrF3N4O5S/c1-2-27-12(24)5-9-7-29-14(21-9)22-20-6-8-3-10(16)13(28-15(17,18)19)11(4-8)23(25)26/h3-4,6-7H,2,5H2,1H3,(H,21,22). The predicted octanol–water partition coefficient (Wildman–Crippen LogP) is 4.26. The third kappa shape index (κ3) is 6.98. The number of rotatable bonds is 8. The lowest BCUT2D eigenvalue weighted by Gasteiger charge is -2.11. The van der Waals surface area contributed by atoms with E-state index in [1.807, 2.05) is 0 Å². The third-order valence-corrected chi connectivity index (χ3v) is 4.40. The summed E-state index contributed by atoms with van der Waals surface area (Å²) in [6.07, 6.45) is -3.94. The summed E-state index contributed by atoms with van der Waals surface area (Å²) in [5.74, 6) is -1.39. The molecule has 0 saturated heterocycles. The van der Waals surface area contributed by atoms with E-state index in [2.05, 4.69) is 36.2 Å². The maximum Gasteiger partial charge on any atom is 0.573 e. The number of hydrogen-bond donors (Lipinski definition) is 1. The number of ether oxygens (including phenoxy) is 2. The first-order valence-corrected chi connectivity index (χ1v) is 9.39. The molecule has 0 radical (unpaired) electrons. The van der Waals surface area contributed by atoms with Crippen LogP contribution in [-0.4, -0.2) is 35.1 Å². The van der Waals surface area contributed by atoms with Gasteiger partial charge in [0, 0.05) is 17.0 Å². The van der Waals surface area contributed by atoms with E-state index in [-0.39, 0.29) is 23.1 Å². The second-order valence-corrected chi connectivity index (χ2v) is 6.86. The number of benzene rings is 1. The van der Waals surface area contributed by atoms with Crippen LogP contribution in [0.3, 0.4) is 0 Å². The molecule has 0 saturated carbocycles. The number of nitrogens with one attached hydrogen (secondary N) is 1. The molecule has 9 nitrogen and oxygen atoms in total. The second-order valence-electron chi connectivity index (χ2n) is 5.15. The van der Waals surface area contributed by atoms with E-state index in [1.54, 1.807) is 12.3 Å². The van der Waals surface area contributed by atoms with E-state index >= 15 is 0 Å². The Balaban J connectivity index is 2.12. The zero-order valence-electron chi connectivity index (χ0n) is 14.5. The summed E-state index contributed by atoms with van der Waals surface area (Å²) in [7, 11) is 0. The summed E-state index contributed by atoms with van der Waals surface area (Å²) in [6.45, 7) is 1.94. The van der Waals surface area contributed by atoms with Crippen LogP contribution in [0.2, 0.25) is 0 Å². The molecule has 0 aliphatic heterocycles. The quantitative estimate of drug-likeness (QED) is 0.251. The maximum atomic E-state index is 12.4. The summed E-state index contributed by atoms with van der Waals surface area (Å²) in [5.41, 5.74) is 2.29. The van der Waals surface area contributed by atoms with Crippen LogP contribution in [0.25, 0.3) is 0 Å². The number of hydrogen-bond acceptors (Lipinski definition) is 9. The molecule has 14 heteroatoms. The van der Waals surface area contributed by atoms with Crippen molar-refractivity contribution in [1.29, 1.82) is 0 Å². The van der Waals surface area contributed by atoms with Crippen molar-refractivity contribution in [2.24, 2.45) is 5.10 Å². The smallest absolute Gasteiger partial charge is 0.466 e. The largest absolute Gasteiger partial charge is 0.573 e. The normalized spacial score (nSPS) is 11.5. The average Bonchev–Trinajstić information content (AvgIpc) is 3.03. The topological polar surface area (TPSA) is 116 Å². The van der Waals surface area contributed by atoms with Crippen molar-refractivity contribution in [2.45, 2.75) is 19.7 Å². The second kappa shape index (κ2) is 9.65. The Morgan fingerprint density at radius 1 is 1.48 bits per heavy atom. The molecular formula is C15H12BrF3N4O5S. The molecule has 1 heterocycles. The maximum absolute atomic E-state index is 12.4. The van der Waals surface area contributed by atoms with Gasteiger partial charge in [-0.25, -0.2) is 4.98 Å². The number of esters is 1. The molecule has 2 rings (SSSR count). The summed E-state index contributed by atoms with van der Waals surface area (Å²) in [6, 6.07) is 2.05. The highest BCUT2D eigenvalue weighted by molar-refractivity contribution is 9.10. The van der Waals surface area contributed by atoms with Gasteiger partial charge in [-0.2, -0.15) is 5.10 Å². The average molecular weight is 497 g/mol. The van der Waals surface area contributed by atoms with Crippen molar-refractivity contribution < 1.29 is 32.4 Å². The van der Waals surface area contributed by atoms with Crippen molar-refractivity contribution in [1.82, 2.24) is 4.98 Å². The van der Waals surface area contributed by atoms with Gasteiger partial charge < -0.3 is 9.47 Å². The number of carbonyl (C=O) groups is 1. The van der Waals surface area contributed by atoms with Crippen molar-refractivity contribution in [3.8, 4) is 5.75 Å². The van der Waals surface area contributed by atoms with Gasteiger partial charge >= 0.3 is 18.0 Å². The van der Waals surface area contributed by atoms with E-state index in [0.717, 1.165) is 23.6 Å². The first-order chi connectivity index (χ1) is 13.6. The van der Waals surface area contributed by atoms with Gasteiger partial charge in [-0.3, -0.25) is 20.3 Å². The van der Waals surface area contributed by atoms with Gasteiger partial charge in [-0.1, -0.05) is 0 Å². The molecule has 0 bridgehead atoms. The van der Waals surface area contributed by atoms with E-state index < -0.39 is 28.7 Å². The molecule has 0 amide bonds. The number of carbonyl (C=O) groups excluding carboxylic acids is 1. The van der Waals surface area contributed by atoms with Crippen LogP contribution in [0.15, 0.2) is 27.1 Å². The lowest BCUT2D eigenvalue weighted by molar-refractivity contribution is -0.388. The lowest BCUT2D eigenvalue weighted by atomic mass is 10.2. The van der Waals surface area contributed by atoms with E-state index in [9.17, 15) is 28.1 Å². The number of aromatic nitrogens is 1. The minimum absolute atomic E-state index is 0.00442. The Hall–Kier alpha value is -2.74. The number of halogens is 4. The van der Waals surface area contributed by atoms with Crippen LogP contribution in [0.4, 0.5) is 24.0 Å². The Morgan fingerprint density at radius 2 is 2.21 bits per heavy atom. The van der Waals surface area contributed by atoms with E-state index in [4.69, 9.17) is 4.74 Å². The predicted molar refractivity (Wildman–Crippen MR) is 101 cm³/mol. The molecule has 0 aliphatic rings. The first kappa shape index (κ1) is 22.5. The molecule has 0 aliphatic carbocycles. The molecular weight excluding hydrogens is 485 g/mol. The zero-order chi connectivity index (χ0) is 21.6. The Morgan fingerprint density at radius 3 is 2.83 bits per heavy atom.